The van der Waals surface area contributed by atoms with Crippen molar-refractivity contribution in [1.82, 2.24) is 19.7 Å². The highest BCUT2D eigenvalue weighted by atomic mass is 16.5. The number of aryl methyl sites for hydroxylation is 1. The predicted octanol–water partition coefficient (Wildman–Crippen LogP) is 1.36. The Hall–Kier alpha value is -3.27. The van der Waals surface area contributed by atoms with E-state index in [1.54, 1.807) is 32.0 Å². The molecular formula is C16H15N5O2. The number of hydrogen-bond donors (Lipinski definition) is 1. The Morgan fingerprint density at radius 3 is 2.39 bits per heavy atom. The van der Waals surface area contributed by atoms with E-state index >= 15 is 0 Å². The highest BCUT2D eigenvalue weighted by Gasteiger charge is 2.11. The lowest BCUT2D eigenvalue weighted by Gasteiger charge is -2.04. The molecule has 23 heavy (non-hydrogen) atoms. The molecule has 0 aliphatic rings. The van der Waals surface area contributed by atoms with Crippen LogP contribution in [-0.2, 0) is 7.05 Å². The van der Waals surface area contributed by atoms with Crippen LogP contribution in [0.15, 0.2) is 24.5 Å². The SMILES string of the molecule is COc1cc(C#Cc2nn(C)c3ncnc(N)c23)cc(OC)c1. The van der Waals surface area contributed by atoms with Crippen LogP contribution in [0.3, 0.4) is 0 Å². The third kappa shape index (κ3) is 2.74. The number of fused-ring (bicyclic) bond motifs is 1. The zero-order valence-corrected chi connectivity index (χ0v) is 13.0. The summed E-state index contributed by atoms with van der Waals surface area (Å²) in [5.41, 5.74) is 7.84. The summed E-state index contributed by atoms with van der Waals surface area (Å²) in [5, 5.41) is 5.00. The van der Waals surface area contributed by atoms with E-state index in [1.165, 1.54) is 6.33 Å². The van der Waals surface area contributed by atoms with E-state index in [0.29, 0.717) is 34.0 Å². The molecule has 7 heteroatoms. The summed E-state index contributed by atoms with van der Waals surface area (Å²) < 4.78 is 12.1. The fourth-order valence-corrected chi connectivity index (χ4v) is 2.21. The average Bonchev–Trinajstić information content (AvgIpc) is 2.90. The van der Waals surface area contributed by atoms with Gasteiger partial charge in [-0.15, -0.1) is 0 Å². The third-order valence-corrected chi connectivity index (χ3v) is 3.33. The van der Waals surface area contributed by atoms with E-state index in [2.05, 4.69) is 26.9 Å². The smallest absolute Gasteiger partial charge is 0.164 e. The first-order chi connectivity index (χ1) is 11.1. The third-order valence-electron chi connectivity index (χ3n) is 3.33. The van der Waals surface area contributed by atoms with Crippen molar-refractivity contribution in [1.29, 1.82) is 0 Å². The molecule has 7 nitrogen and oxygen atoms in total. The first-order valence-corrected chi connectivity index (χ1v) is 6.80. The molecule has 0 amide bonds. The molecule has 0 saturated carbocycles. The van der Waals surface area contributed by atoms with Gasteiger partial charge < -0.3 is 15.2 Å². The molecular weight excluding hydrogens is 294 g/mol. The van der Waals surface area contributed by atoms with Gasteiger partial charge in [0, 0.05) is 18.7 Å². The molecule has 0 aliphatic carbocycles. The van der Waals surface area contributed by atoms with E-state index in [9.17, 15) is 0 Å². The second kappa shape index (κ2) is 5.85. The molecule has 0 aliphatic heterocycles. The predicted molar refractivity (Wildman–Crippen MR) is 86.2 cm³/mol. The Labute approximate surface area is 133 Å². The fourth-order valence-electron chi connectivity index (χ4n) is 2.21. The molecule has 0 fully saturated rings. The van der Waals surface area contributed by atoms with E-state index < -0.39 is 0 Å². The topological polar surface area (TPSA) is 88.1 Å². The number of nitrogens with two attached hydrogens (primary N) is 1. The summed E-state index contributed by atoms with van der Waals surface area (Å²) in [6, 6.07) is 5.42. The van der Waals surface area contributed by atoms with Crippen LogP contribution in [0.5, 0.6) is 11.5 Å². The summed E-state index contributed by atoms with van der Waals surface area (Å²) in [6.07, 6.45) is 1.41. The second-order valence-electron chi connectivity index (χ2n) is 4.78. The van der Waals surface area contributed by atoms with Gasteiger partial charge in [-0.25, -0.2) is 14.6 Å². The number of benzene rings is 1. The maximum absolute atomic E-state index is 5.92. The highest BCUT2D eigenvalue weighted by molar-refractivity contribution is 5.90. The van der Waals surface area contributed by atoms with Crippen molar-refractivity contribution >= 4 is 16.9 Å². The number of methoxy groups -OCH3 is 2. The molecule has 0 unspecified atom stereocenters. The molecule has 0 saturated heterocycles. The minimum Gasteiger partial charge on any atom is -0.497 e. The van der Waals surface area contributed by atoms with Gasteiger partial charge >= 0.3 is 0 Å². The number of aromatic nitrogens is 4. The zero-order valence-electron chi connectivity index (χ0n) is 13.0. The van der Waals surface area contributed by atoms with Crippen LogP contribution in [0.25, 0.3) is 11.0 Å². The monoisotopic (exact) mass is 309 g/mol. The molecule has 0 atom stereocenters. The van der Waals surface area contributed by atoms with Gasteiger partial charge in [-0.05, 0) is 18.1 Å². The number of nitrogen functional groups attached to an aromatic ring is 1. The van der Waals surface area contributed by atoms with E-state index in [4.69, 9.17) is 15.2 Å². The van der Waals surface area contributed by atoms with Crippen molar-refractivity contribution in [3.05, 3.63) is 35.8 Å². The molecule has 3 aromatic rings. The van der Waals surface area contributed by atoms with Crippen LogP contribution in [0, 0.1) is 11.8 Å². The lowest BCUT2D eigenvalue weighted by Crippen LogP contribution is -1.95. The van der Waals surface area contributed by atoms with Gasteiger partial charge in [0.15, 0.2) is 5.65 Å². The maximum atomic E-state index is 5.92. The normalized spacial score (nSPS) is 10.2. The molecule has 0 spiro atoms. The molecule has 0 bridgehead atoms. The second-order valence-corrected chi connectivity index (χ2v) is 4.78. The minimum atomic E-state index is 0.357. The van der Waals surface area contributed by atoms with E-state index in [0.717, 1.165) is 5.56 Å². The Morgan fingerprint density at radius 2 is 1.74 bits per heavy atom. The number of ether oxygens (including phenoxy) is 2. The lowest BCUT2D eigenvalue weighted by molar-refractivity contribution is 0.394. The Bertz CT molecular complexity index is 915. The van der Waals surface area contributed by atoms with E-state index in [1.807, 2.05) is 12.1 Å². The van der Waals surface area contributed by atoms with Gasteiger partial charge in [-0.1, -0.05) is 5.92 Å². The quantitative estimate of drug-likeness (QED) is 0.719. The van der Waals surface area contributed by atoms with Gasteiger partial charge in [0.2, 0.25) is 0 Å². The van der Waals surface area contributed by atoms with Crippen LogP contribution >= 0.6 is 0 Å². The number of hydrogen-bond acceptors (Lipinski definition) is 6. The molecule has 116 valence electrons. The van der Waals surface area contributed by atoms with Crippen LogP contribution in [0.2, 0.25) is 0 Å². The van der Waals surface area contributed by atoms with Crippen LogP contribution in [0.4, 0.5) is 5.82 Å². The molecule has 3 rings (SSSR count). The summed E-state index contributed by atoms with van der Waals surface area (Å²) in [6.45, 7) is 0. The standard InChI is InChI=1S/C16H15N5O2/c1-21-16-14(15(17)18-9-19-16)13(20-21)5-4-10-6-11(22-2)8-12(7-10)23-3/h6-9H,1-3H3,(H2,17,18,19). The van der Waals surface area contributed by atoms with Crippen molar-refractivity contribution in [3.8, 4) is 23.3 Å². The fraction of sp³-hybridized carbons (Fsp3) is 0.188. The summed E-state index contributed by atoms with van der Waals surface area (Å²) >= 11 is 0. The lowest BCUT2D eigenvalue weighted by atomic mass is 10.2. The van der Waals surface area contributed by atoms with Crippen LogP contribution < -0.4 is 15.2 Å². The molecule has 0 radical (unpaired) electrons. The van der Waals surface area contributed by atoms with Gasteiger partial charge in [-0.3, -0.25) is 0 Å². The Kier molecular flexibility index (Phi) is 3.73. The van der Waals surface area contributed by atoms with Crippen LogP contribution in [0.1, 0.15) is 11.3 Å². The molecule has 2 heterocycles. The zero-order chi connectivity index (χ0) is 16.4. The first-order valence-electron chi connectivity index (χ1n) is 6.80. The summed E-state index contributed by atoms with van der Waals surface area (Å²) in [4.78, 5) is 8.17. The number of nitrogens with zero attached hydrogens (tertiary/aromatic N) is 4. The van der Waals surface area contributed by atoms with Gasteiger partial charge in [0.25, 0.3) is 0 Å². The van der Waals surface area contributed by atoms with E-state index in [-0.39, 0.29) is 0 Å². The minimum absolute atomic E-state index is 0.357. The Balaban J connectivity index is 2.09. The van der Waals surface area contributed by atoms with Gasteiger partial charge in [-0.2, -0.15) is 5.10 Å². The summed E-state index contributed by atoms with van der Waals surface area (Å²) in [5.74, 6) is 7.76. The Morgan fingerprint density at radius 1 is 1.04 bits per heavy atom. The van der Waals surface area contributed by atoms with Crippen molar-refractivity contribution in [2.45, 2.75) is 0 Å². The average molecular weight is 309 g/mol. The van der Waals surface area contributed by atoms with Crippen molar-refractivity contribution in [3.63, 3.8) is 0 Å². The molecule has 2 aromatic heterocycles. The van der Waals surface area contributed by atoms with Crippen molar-refractivity contribution in [2.24, 2.45) is 7.05 Å². The van der Waals surface area contributed by atoms with Crippen molar-refractivity contribution in [2.75, 3.05) is 20.0 Å². The van der Waals surface area contributed by atoms with Gasteiger partial charge in [0.1, 0.15) is 29.3 Å². The first kappa shape index (κ1) is 14.7. The highest BCUT2D eigenvalue weighted by Crippen LogP contribution is 2.23. The summed E-state index contributed by atoms with van der Waals surface area (Å²) in [7, 11) is 4.97. The largest absolute Gasteiger partial charge is 0.497 e. The number of rotatable bonds is 2. The molecule has 2 N–H and O–H groups in total. The number of anilines is 1. The maximum Gasteiger partial charge on any atom is 0.164 e. The van der Waals surface area contributed by atoms with Gasteiger partial charge in [0.05, 0.1) is 19.6 Å². The molecule has 1 aromatic carbocycles. The van der Waals surface area contributed by atoms with Crippen molar-refractivity contribution < 1.29 is 9.47 Å². The van der Waals surface area contributed by atoms with Crippen LogP contribution in [-0.4, -0.2) is 34.0 Å².